The van der Waals surface area contributed by atoms with E-state index in [1.54, 1.807) is 21.1 Å². The summed E-state index contributed by atoms with van der Waals surface area (Å²) in [6.07, 6.45) is -0.950. The molecule has 0 aromatic heterocycles. The predicted molar refractivity (Wildman–Crippen MR) is 40.5 cm³/mol. The highest BCUT2D eigenvalue weighted by atomic mass is 35.5. The number of alkyl halides is 1. The summed E-state index contributed by atoms with van der Waals surface area (Å²) in [4.78, 5) is 0. The number of aliphatic hydroxyl groups is 2. The van der Waals surface area contributed by atoms with Crippen LogP contribution in [0.3, 0.4) is 0 Å². The van der Waals surface area contributed by atoms with Crippen LogP contribution >= 0.6 is 11.6 Å². The summed E-state index contributed by atoms with van der Waals surface area (Å²) in [6, 6.07) is 0. The van der Waals surface area contributed by atoms with Crippen molar-refractivity contribution in [3.05, 3.63) is 0 Å². The monoisotopic (exact) mass is 168 g/mol. The van der Waals surface area contributed by atoms with Gasteiger partial charge in [0.1, 0.15) is 6.10 Å². The second kappa shape index (κ2) is 2.66. The fourth-order valence-corrected chi connectivity index (χ4v) is 0.561. The largest absolute Gasteiger partial charge is 0.382 e. The van der Waals surface area contributed by atoms with E-state index in [1.165, 1.54) is 6.92 Å². The van der Waals surface area contributed by atoms with E-state index >= 15 is 0 Å². The molecule has 0 bridgehead atoms. The molecule has 0 saturated carbocycles. The van der Waals surface area contributed by atoms with Crippen molar-refractivity contribution in [1.29, 1.82) is 0 Å². The molecular weight excluding hydrogens is 154 g/mol. The first-order valence-electron chi connectivity index (χ1n) is 3.10. The van der Waals surface area contributed by atoms with Gasteiger partial charge in [-0.2, -0.15) is 0 Å². The van der Waals surface area contributed by atoms with E-state index in [-0.39, 0.29) is 4.48 Å². The molecule has 0 aromatic carbocycles. The van der Waals surface area contributed by atoms with E-state index in [2.05, 4.69) is 0 Å². The zero-order chi connectivity index (χ0) is 8.58. The molecule has 2 atom stereocenters. The number of likely N-dealkylation sites (N-methyl/N-ethyl adjacent to an activating group) is 1. The normalized spacial score (nSPS) is 21.9. The third-order valence-electron chi connectivity index (χ3n) is 1.47. The molecule has 0 aromatic rings. The Morgan fingerprint density at radius 2 is 1.70 bits per heavy atom. The van der Waals surface area contributed by atoms with Crippen molar-refractivity contribution in [2.45, 2.75) is 18.2 Å². The van der Waals surface area contributed by atoms with Gasteiger partial charge in [-0.25, -0.2) is 0 Å². The molecule has 0 rings (SSSR count). The minimum Gasteiger partial charge on any atom is -0.382 e. The summed E-state index contributed by atoms with van der Waals surface area (Å²) in [5.41, 5.74) is 0. The van der Waals surface area contributed by atoms with E-state index in [0.717, 1.165) is 0 Å². The summed E-state index contributed by atoms with van der Waals surface area (Å²) >= 11 is 5.62. The zero-order valence-corrected chi connectivity index (χ0v) is 7.55. The Hall–Kier alpha value is 0.170. The van der Waals surface area contributed by atoms with Crippen molar-refractivity contribution < 1.29 is 14.7 Å². The Kier molecular flexibility index (Phi) is 2.70. The third kappa shape index (κ3) is 1.83. The fourth-order valence-electron chi connectivity index (χ4n) is 0.561. The number of quaternary nitrogens is 1. The van der Waals surface area contributed by atoms with Gasteiger partial charge >= 0.3 is 5.18 Å². The highest BCUT2D eigenvalue weighted by Crippen LogP contribution is 2.23. The molecule has 0 aliphatic heterocycles. The van der Waals surface area contributed by atoms with Crippen LogP contribution in [0.2, 0.25) is 0 Å². The van der Waals surface area contributed by atoms with Crippen LogP contribution in [-0.4, -0.2) is 47.1 Å². The van der Waals surface area contributed by atoms with Gasteiger partial charge in [-0.3, -0.25) is 4.48 Å². The Labute approximate surface area is 66.4 Å². The van der Waals surface area contributed by atoms with Crippen LogP contribution in [0.15, 0.2) is 0 Å². The SMILES string of the molecule is CC(O)C(O)(Cl)[N+](C)(C)C. The van der Waals surface area contributed by atoms with Gasteiger partial charge in [0.15, 0.2) is 0 Å². The van der Waals surface area contributed by atoms with E-state index in [0.29, 0.717) is 0 Å². The maximum Gasteiger partial charge on any atom is 0.306 e. The zero-order valence-electron chi connectivity index (χ0n) is 6.80. The van der Waals surface area contributed by atoms with Gasteiger partial charge in [0.05, 0.1) is 21.1 Å². The summed E-state index contributed by atoms with van der Waals surface area (Å²) in [5.74, 6) is 0. The maximum absolute atomic E-state index is 9.42. The van der Waals surface area contributed by atoms with Crippen molar-refractivity contribution >= 4 is 11.6 Å². The van der Waals surface area contributed by atoms with Gasteiger partial charge in [0.25, 0.3) is 0 Å². The molecule has 0 aliphatic carbocycles. The smallest absolute Gasteiger partial charge is 0.306 e. The molecule has 62 valence electrons. The molecule has 0 spiro atoms. The molecule has 0 amide bonds. The Morgan fingerprint density at radius 1 is 1.40 bits per heavy atom. The van der Waals surface area contributed by atoms with Crippen LogP contribution < -0.4 is 0 Å². The van der Waals surface area contributed by atoms with Crippen LogP contribution in [0.1, 0.15) is 6.92 Å². The molecule has 0 radical (unpaired) electrons. The Bertz CT molecular complexity index is 117. The minimum absolute atomic E-state index is 0.103. The molecule has 3 nitrogen and oxygen atoms in total. The van der Waals surface area contributed by atoms with Gasteiger partial charge in [-0.15, -0.1) is 0 Å². The van der Waals surface area contributed by atoms with Crippen LogP contribution in [0, 0.1) is 0 Å². The van der Waals surface area contributed by atoms with Gasteiger partial charge in [0.2, 0.25) is 0 Å². The molecule has 10 heavy (non-hydrogen) atoms. The maximum atomic E-state index is 9.42. The topological polar surface area (TPSA) is 40.5 Å². The molecule has 0 fully saturated rings. The molecule has 2 unspecified atom stereocenters. The van der Waals surface area contributed by atoms with E-state index in [1.807, 2.05) is 0 Å². The second-order valence-electron chi connectivity index (χ2n) is 3.32. The van der Waals surface area contributed by atoms with E-state index < -0.39 is 11.3 Å². The van der Waals surface area contributed by atoms with Crippen LogP contribution in [0.5, 0.6) is 0 Å². The lowest BCUT2D eigenvalue weighted by Crippen LogP contribution is -2.59. The summed E-state index contributed by atoms with van der Waals surface area (Å²) in [6.45, 7) is 1.45. The van der Waals surface area contributed by atoms with Crippen LogP contribution in [0.4, 0.5) is 0 Å². The summed E-state index contributed by atoms with van der Waals surface area (Å²) in [7, 11) is 5.12. The number of nitrogens with zero attached hydrogens (tertiary/aromatic N) is 1. The van der Waals surface area contributed by atoms with Crippen molar-refractivity contribution in [2.75, 3.05) is 21.1 Å². The Balaban J connectivity index is 4.40. The first-order valence-corrected chi connectivity index (χ1v) is 3.48. The number of rotatable bonds is 2. The number of aliphatic hydroxyl groups excluding tert-OH is 1. The van der Waals surface area contributed by atoms with Crippen LogP contribution in [-0.2, 0) is 0 Å². The molecule has 4 heteroatoms. The highest BCUT2D eigenvalue weighted by molar-refractivity contribution is 6.21. The Morgan fingerprint density at radius 3 is 1.70 bits per heavy atom. The van der Waals surface area contributed by atoms with Gasteiger partial charge < -0.3 is 10.2 Å². The fraction of sp³-hybridized carbons (Fsp3) is 1.00. The van der Waals surface area contributed by atoms with Crippen molar-refractivity contribution in [2.24, 2.45) is 0 Å². The highest BCUT2D eigenvalue weighted by Gasteiger charge is 2.43. The van der Waals surface area contributed by atoms with Crippen molar-refractivity contribution in [3.63, 3.8) is 0 Å². The quantitative estimate of drug-likeness (QED) is 0.263. The van der Waals surface area contributed by atoms with Crippen molar-refractivity contribution in [1.82, 2.24) is 0 Å². The lowest BCUT2D eigenvalue weighted by atomic mass is 10.3. The minimum atomic E-state index is -1.60. The number of halogens is 1. The summed E-state index contributed by atoms with van der Waals surface area (Å²) in [5, 5.41) is 16.8. The average molecular weight is 169 g/mol. The van der Waals surface area contributed by atoms with Crippen molar-refractivity contribution in [3.8, 4) is 0 Å². The van der Waals surface area contributed by atoms with E-state index in [4.69, 9.17) is 16.7 Å². The standard InChI is InChI=1S/C6H15ClNO2/c1-5(9)6(7,10)8(2,3)4/h5,9-10H,1-4H3/q+1. The lowest BCUT2D eigenvalue weighted by molar-refractivity contribution is -0.937. The van der Waals surface area contributed by atoms with Crippen LogP contribution in [0.25, 0.3) is 0 Å². The number of hydrogen-bond donors (Lipinski definition) is 2. The second-order valence-corrected chi connectivity index (χ2v) is 3.88. The molecule has 0 saturated heterocycles. The van der Waals surface area contributed by atoms with Gasteiger partial charge in [0, 0.05) is 0 Å². The average Bonchev–Trinajstić information content (AvgIpc) is 1.62. The molecule has 0 heterocycles. The first kappa shape index (κ1) is 10.2. The molecule has 2 N–H and O–H groups in total. The first-order chi connectivity index (χ1) is 4.19. The predicted octanol–water partition coefficient (Wildman–Crippen LogP) is -0.0417. The number of hydrogen-bond acceptors (Lipinski definition) is 2. The van der Waals surface area contributed by atoms with Gasteiger partial charge in [-0.1, -0.05) is 0 Å². The third-order valence-corrected chi connectivity index (χ3v) is 2.30. The lowest BCUT2D eigenvalue weighted by Gasteiger charge is -2.38. The molecule has 0 aliphatic rings. The summed E-state index contributed by atoms with van der Waals surface area (Å²) < 4.78 is 0.103. The van der Waals surface area contributed by atoms with E-state index in [9.17, 15) is 5.11 Å². The van der Waals surface area contributed by atoms with Gasteiger partial charge in [-0.05, 0) is 18.5 Å². The molecular formula is C6H15ClNO2+.